The van der Waals surface area contributed by atoms with Gasteiger partial charge >= 0.3 is 0 Å². The smallest absolute Gasteiger partial charge is 0.126 e. The van der Waals surface area contributed by atoms with Crippen LogP contribution in [0.5, 0.6) is 11.5 Å². The van der Waals surface area contributed by atoms with Crippen LogP contribution in [0.25, 0.3) is 11.1 Å². The van der Waals surface area contributed by atoms with E-state index in [9.17, 15) is 0 Å². The Morgan fingerprint density at radius 3 is 2.18 bits per heavy atom. The average molecular weight is 229 g/mol. The molecular formula is C14H15NO2. The molecule has 0 aliphatic heterocycles. The lowest BCUT2D eigenvalue weighted by molar-refractivity contribution is 0.410. The summed E-state index contributed by atoms with van der Waals surface area (Å²) in [7, 11) is 3.29. The lowest BCUT2D eigenvalue weighted by Gasteiger charge is -2.12. The van der Waals surface area contributed by atoms with Crippen molar-refractivity contribution in [1.82, 2.24) is 0 Å². The number of anilines is 1. The van der Waals surface area contributed by atoms with E-state index in [-0.39, 0.29) is 0 Å². The van der Waals surface area contributed by atoms with E-state index in [1.807, 2.05) is 42.5 Å². The van der Waals surface area contributed by atoms with Gasteiger partial charge in [-0.25, -0.2) is 0 Å². The predicted octanol–water partition coefficient (Wildman–Crippen LogP) is 2.95. The van der Waals surface area contributed by atoms with Crippen LogP contribution < -0.4 is 15.2 Å². The van der Waals surface area contributed by atoms with Crippen LogP contribution in [0.3, 0.4) is 0 Å². The van der Waals surface area contributed by atoms with Crippen molar-refractivity contribution in [3.05, 3.63) is 42.5 Å². The van der Waals surface area contributed by atoms with Crippen LogP contribution in [-0.2, 0) is 0 Å². The third kappa shape index (κ3) is 2.18. The molecule has 2 aromatic carbocycles. The fourth-order valence-corrected chi connectivity index (χ4v) is 1.80. The van der Waals surface area contributed by atoms with E-state index in [4.69, 9.17) is 15.2 Å². The molecule has 0 heterocycles. The van der Waals surface area contributed by atoms with Crippen LogP contribution in [0.1, 0.15) is 0 Å². The number of rotatable bonds is 3. The van der Waals surface area contributed by atoms with E-state index in [1.54, 1.807) is 14.2 Å². The summed E-state index contributed by atoms with van der Waals surface area (Å²) in [6.07, 6.45) is 0. The molecule has 2 aromatic rings. The Morgan fingerprint density at radius 2 is 1.47 bits per heavy atom. The molecule has 0 fully saturated rings. The molecule has 0 aromatic heterocycles. The van der Waals surface area contributed by atoms with Crippen molar-refractivity contribution < 1.29 is 9.47 Å². The van der Waals surface area contributed by atoms with Crippen molar-refractivity contribution in [2.75, 3.05) is 20.0 Å². The SMILES string of the molecule is COc1ccccc1-c1cc(N)ccc1OC. The van der Waals surface area contributed by atoms with Gasteiger partial charge in [-0.05, 0) is 24.3 Å². The van der Waals surface area contributed by atoms with E-state index < -0.39 is 0 Å². The largest absolute Gasteiger partial charge is 0.496 e. The molecule has 0 radical (unpaired) electrons. The molecule has 0 bridgehead atoms. The Morgan fingerprint density at radius 1 is 0.824 bits per heavy atom. The van der Waals surface area contributed by atoms with E-state index in [2.05, 4.69) is 0 Å². The third-order valence-electron chi connectivity index (χ3n) is 2.62. The average Bonchev–Trinajstić information content (AvgIpc) is 2.38. The molecule has 0 saturated carbocycles. The zero-order valence-electron chi connectivity index (χ0n) is 9.94. The predicted molar refractivity (Wildman–Crippen MR) is 69.4 cm³/mol. The van der Waals surface area contributed by atoms with Crippen molar-refractivity contribution in [2.24, 2.45) is 0 Å². The van der Waals surface area contributed by atoms with E-state index in [0.29, 0.717) is 5.69 Å². The van der Waals surface area contributed by atoms with Crippen LogP contribution in [-0.4, -0.2) is 14.2 Å². The summed E-state index contributed by atoms with van der Waals surface area (Å²) in [6, 6.07) is 13.3. The van der Waals surface area contributed by atoms with Gasteiger partial charge in [-0.15, -0.1) is 0 Å². The summed E-state index contributed by atoms with van der Waals surface area (Å²) >= 11 is 0. The standard InChI is InChI=1S/C14H15NO2/c1-16-13-6-4-3-5-11(13)12-9-10(15)7-8-14(12)17-2/h3-9H,15H2,1-2H3. The summed E-state index contributed by atoms with van der Waals surface area (Å²) in [5.74, 6) is 1.58. The summed E-state index contributed by atoms with van der Waals surface area (Å²) in [5.41, 5.74) is 8.42. The molecular weight excluding hydrogens is 214 g/mol. The van der Waals surface area contributed by atoms with Crippen LogP contribution in [0.4, 0.5) is 5.69 Å². The van der Waals surface area contributed by atoms with Crippen molar-refractivity contribution >= 4 is 5.69 Å². The Bertz CT molecular complexity index is 523. The summed E-state index contributed by atoms with van der Waals surface area (Å²) in [6.45, 7) is 0. The zero-order valence-corrected chi connectivity index (χ0v) is 9.94. The van der Waals surface area contributed by atoms with Gasteiger partial charge in [0.15, 0.2) is 0 Å². The number of nitrogen functional groups attached to an aromatic ring is 1. The fraction of sp³-hybridized carbons (Fsp3) is 0.143. The second-order valence-corrected chi connectivity index (χ2v) is 3.66. The van der Waals surface area contributed by atoms with Crippen molar-refractivity contribution in [3.8, 4) is 22.6 Å². The molecule has 3 heteroatoms. The quantitative estimate of drug-likeness (QED) is 0.823. The molecule has 0 aliphatic carbocycles. The minimum Gasteiger partial charge on any atom is -0.496 e. The molecule has 17 heavy (non-hydrogen) atoms. The van der Waals surface area contributed by atoms with Crippen LogP contribution in [0.2, 0.25) is 0 Å². The van der Waals surface area contributed by atoms with Crippen molar-refractivity contribution in [3.63, 3.8) is 0 Å². The van der Waals surface area contributed by atoms with Crippen molar-refractivity contribution in [1.29, 1.82) is 0 Å². The van der Waals surface area contributed by atoms with Gasteiger partial charge in [-0.3, -0.25) is 0 Å². The Balaban J connectivity index is 2.62. The lowest BCUT2D eigenvalue weighted by atomic mass is 10.0. The first-order chi connectivity index (χ1) is 8.26. The number of nitrogens with two attached hydrogens (primary N) is 1. The zero-order chi connectivity index (χ0) is 12.3. The highest BCUT2D eigenvalue weighted by atomic mass is 16.5. The Hall–Kier alpha value is -2.16. The number of para-hydroxylation sites is 1. The molecule has 2 rings (SSSR count). The minimum absolute atomic E-state index is 0.701. The second-order valence-electron chi connectivity index (χ2n) is 3.66. The third-order valence-corrected chi connectivity index (χ3v) is 2.62. The van der Waals surface area contributed by atoms with Crippen LogP contribution in [0.15, 0.2) is 42.5 Å². The monoisotopic (exact) mass is 229 g/mol. The van der Waals surface area contributed by atoms with Crippen LogP contribution >= 0.6 is 0 Å². The van der Waals surface area contributed by atoms with E-state index in [0.717, 1.165) is 22.6 Å². The number of hydrogen-bond acceptors (Lipinski definition) is 3. The van der Waals surface area contributed by atoms with Gasteiger partial charge in [0.1, 0.15) is 11.5 Å². The lowest BCUT2D eigenvalue weighted by Crippen LogP contribution is -1.93. The van der Waals surface area contributed by atoms with Gasteiger partial charge in [0.25, 0.3) is 0 Å². The maximum absolute atomic E-state index is 5.81. The minimum atomic E-state index is 0.701. The first-order valence-corrected chi connectivity index (χ1v) is 5.33. The maximum atomic E-state index is 5.81. The highest BCUT2D eigenvalue weighted by molar-refractivity contribution is 5.78. The molecule has 0 atom stereocenters. The first-order valence-electron chi connectivity index (χ1n) is 5.33. The van der Waals surface area contributed by atoms with Gasteiger partial charge in [0, 0.05) is 16.8 Å². The normalized spacial score (nSPS) is 10.0. The molecule has 0 spiro atoms. The van der Waals surface area contributed by atoms with Crippen LogP contribution in [0, 0.1) is 0 Å². The highest BCUT2D eigenvalue weighted by Gasteiger charge is 2.10. The molecule has 2 N–H and O–H groups in total. The van der Waals surface area contributed by atoms with Gasteiger partial charge < -0.3 is 15.2 Å². The van der Waals surface area contributed by atoms with Gasteiger partial charge in [0.2, 0.25) is 0 Å². The molecule has 3 nitrogen and oxygen atoms in total. The number of hydrogen-bond donors (Lipinski definition) is 1. The molecule has 0 saturated heterocycles. The number of benzene rings is 2. The molecule has 0 unspecified atom stereocenters. The summed E-state index contributed by atoms with van der Waals surface area (Å²) in [4.78, 5) is 0. The van der Waals surface area contributed by atoms with E-state index in [1.165, 1.54) is 0 Å². The summed E-state index contributed by atoms with van der Waals surface area (Å²) < 4.78 is 10.7. The highest BCUT2D eigenvalue weighted by Crippen LogP contribution is 2.37. The van der Waals surface area contributed by atoms with E-state index >= 15 is 0 Å². The molecule has 0 amide bonds. The Labute approximate surface area is 101 Å². The number of methoxy groups -OCH3 is 2. The molecule has 88 valence electrons. The summed E-state index contributed by atoms with van der Waals surface area (Å²) in [5, 5.41) is 0. The van der Waals surface area contributed by atoms with Gasteiger partial charge in [0.05, 0.1) is 14.2 Å². The first kappa shape index (κ1) is 11.3. The maximum Gasteiger partial charge on any atom is 0.126 e. The van der Waals surface area contributed by atoms with Gasteiger partial charge in [-0.1, -0.05) is 18.2 Å². The number of ether oxygens (including phenoxy) is 2. The van der Waals surface area contributed by atoms with Crippen molar-refractivity contribution in [2.45, 2.75) is 0 Å². The fourth-order valence-electron chi connectivity index (χ4n) is 1.80. The topological polar surface area (TPSA) is 44.5 Å². The second kappa shape index (κ2) is 4.78. The Kier molecular flexibility index (Phi) is 3.19. The van der Waals surface area contributed by atoms with Gasteiger partial charge in [-0.2, -0.15) is 0 Å². The molecule has 0 aliphatic rings.